The van der Waals surface area contributed by atoms with E-state index in [9.17, 15) is 19.1 Å². The molecule has 0 aromatic heterocycles. The van der Waals surface area contributed by atoms with Gasteiger partial charge in [0.15, 0.2) is 0 Å². The Morgan fingerprint density at radius 3 is 2.10 bits per heavy atom. The van der Waals surface area contributed by atoms with Gasteiger partial charge in [-0.15, -0.1) is 0 Å². The predicted octanol–water partition coefficient (Wildman–Crippen LogP) is 2.30. The lowest BCUT2D eigenvalue weighted by Crippen LogP contribution is -2.10. The number of hydrogen-bond acceptors (Lipinski definition) is 3. The molecular formula is C15H11FO5. The van der Waals surface area contributed by atoms with Gasteiger partial charge in [0.25, 0.3) is 0 Å². The summed E-state index contributed by atoms with van der Waals surface area (Å²) in [6.07, 6.45) is -1.29. The first-order valence-corrected chi connectivity index (χ1v) is 5.94. The molecule has 0 aliphatic heterocycles. The van der Waals surface area contributed by atoms with Crippen molar-refractivity contribution < 1.29 is 29.3 Å². The quantitative estimate of drug-likeness (QED) is 0.803. The Morgan fingerprint density at radius 1 is 0.952 bits per heavy atom. The van der Waals surface area contributed by atoms with Crippen LogP contribution in [0.15, 0.2) is 42.5 Å². The number of aliphatic hydroxyl groups excluding tert-OH is 1. The van der Waals surface area contributed by atoms with Crippen molar-refractivity contribution in [2.75, 3.05) is 0 Å². The van der Waals surface area contributed by atoms with Gasteiger partial charge in [-0.1, -0.05) is 18.2 Å². The molecule has 0 heterocycles. The maximum atomic E-state index is 12.9. The molecule has 0 saturated heterocycles. The minimum atomic E-state index is -1.35. The van der Waals surface area contributed by atoms with Gasteiger partial charge in [0.05, 0.1) is 11.1 Å². The largest absolute Gasteiger partial charge is 0.478 e. The first kappa shape index (κ1) is 14.7. The number of carbonyl (C=O) groups is 2. The second-order valence-electron chi connectivity index (χ2n) is 4.37. The summed E-state index contributed by atoms with van der Waals surface area (Å²) in [4.78, 5) is 22.1. The fourth-order valence-electron chi connectivity index (χ4n) is 1.94. The number of rotatable bonds is 4. The van der Waals surface area contributed by atoms with E-state index in [1.165, 1.54) is 24.3 Å². The molecule has 0 amide bonds. The lowest BCUT2D eigenvalue weighted by molar-refractivity contribution is 0.0691. The van der Waals surface area contributed by atoms with E-state index < -0.39 is 23.9 Å². The monoisotopic (exact) mass is 290 g/mol. The molecule has 1 atom stereocenters. The van der Waals surface area contributed by atoms with Crippen molar-refractivity contribution in [3.8, 4) is 0 Å². The normalized spacial score (nSPS) is 11.9. The van der Waals surface area contributed by atoms with Crippen LogP contribution in [0, 0.1) is 5.82 Å². The van der Waals surface area contributed by atoms with E-state index in [1.54, 1.807) is 0 Å². The summed E-state index contributed by atoms with van der Waals surface area (Å²) in [5, 5.41) is 28.2. The molecule has 21 heavy (non-hydrogen) atoms. The fourth-order valence-corrected chi connectivity index (χ4v) is 1.94. The number of carboxylic acid groups (broad SMARTS) is 2. The molecule has 0 aliphatic rings. The predicted molar refractivity (Wildman–Crippen MR) is 70.8 cm³/mol. The number of halogens is 1. The Kier molecular flexibility index (Phi) is 4.00. The van der Waals surface area contributed by atoms with Crippen LogP contribution >= 0.6 is 0 Å². The van der Waals surface area contributed by atoms with E-state index in [1.807, 2.05) is 0 Å². The highest BCUT2D eigenvalue weighted by Gasteiger charge is 2.20. The Balaban J connectivity index is 2.49. The molecule has 6 heteroatoms. The molecule has 0 saturated carbocycles. The summed E-state index contributed by atoms with van der Waals surface area (Å²) in [6, 6.07) is 8.37. The third-order valence-electron chi connectivity index (χ3n) is 3.01. The summed E-state index contributed by atoms with van der Waals surface area (Å²) in [5.74, 6) is -3.10. The van der Waals surface area contributed by atoms with E-state index in [0.29, 0.717) is 5.56 Å². The molecule has 2 aromatic rings. The van der Waals surface area contributed by atoms with Crippen LogP contribution < -0.4 is 0 Å². The molecule has 2 aromatic carbocycles. The van der Waals surface area contributed by atoms with Gasteiger partial charge in [-0.05, 0) is 35.4 Å². The molecule has 2 rings (SSSR count). The lowest BCUT2D eigenvalue weighted by Gasteiger charge is -2.14. The van der Waals surface area contributed by atoms with Crippen molar-refractivity contribution in [3.63, 3.8) is 0 Å². The molecule has 0 bridgehead atoms. The minimum Gasteiger partial charge on any atom is -0.478 e. The van der Waals surface area contributed by atoms with E-state index in [-0.39, 0.29) is 16.7 Å². The lowest BCUT2D eigenvalue weighted by atomic mass is 9.95. The summed E-state index contributed by atoms with van der Waals surface area (Å²) in [6.45, 7) is 0. The Labute approximate surface area is 118 Å². The van der Waals surface area contributed by atoms with Crippen LogP contribution in [-0.4, -0.2) is 27.3 Å². The first-order chi connectivity index (χ1) is 9.90. The smallest absolute Gasteiger partial charge is 0.336 e. The number of aromatic carboxylic acids is 2. The van der Waals surface area contributed by atoms with E-state index in [0.717, 1.165) is 18.2 Å². The molecular weight excluding hydrogens is 279 g/mol. The van der Waals surface area contributed by atoms with Crippen LogP contribution in [0.3, 0.4) is 0 Å². The first-order valence-electron chi connectivity index (χ1n) is 5.94. The third kappa shape index (κ3) is 3.06. The van der Waals surface area contributed by atoms with Crippen molar-refractivity contribution >= 4 is 11.9 Å². The highest BCUT2D eigenvalue weighted by atomic mass is 19.1. The van der Waals surface area contributed by atoms with Crippen LogP contribution in [0.5, 0.6) is 0 Å². The topological polar surface area (TPSA) is 94.8 Å². The highest BCUT2D eigenvalue weighted by molar-refractivity contribution is 5.95. The summed E-state index contributed by atoms with van der Waals surface area (Å²) in [7, 11) is 0. The van der Waals surface area contributed by atoms with Gasteiger partial charge in [0.2, 0.25) is 0 Å². The Morgan fingerprint density at radius 2 is 1.57 bits per heavy atom. The molecule has 0 spiro atoms. The van der Waals surface area contributed by atoms with Crippen molar-refractivity contribution in [2.24, 2.45) is 0 Å². The van der Waals surface area contributed by atoms with Crippen LogP contribution in [0.2, 0.25) is 0 Å². The molecule has 108 valence electrons. The molecule has 1 unspecified atom stereocenters. The van der Waals surface area contributed by atoms with Crippen molar-refractivity contribution in [2.45, 2.75) is 6.10 Å². The van der Waals surface area contributed by atoms with Crippen LogP contribution in [-0.2, 0) is 0 Å². The van der Waals surface area contributed by atoms with Gasteiger partial charge in [-0.2, -0.15) is 0 Å². The van der Waals surface area contributed by atoms with Gasteiger partial charge in [0.1, 0.15) is 11.9 Å². The van der Waals surface area contributed by atoms with Gasteiger partial charge < -0.3 is 15.3 Å². The molecule has 5 nitrogen and oxygen atoms in total. The Hall–Kier alpha value is -2.73. The SMILES string of the molecule is O=C(O)c1ccc(C(O)c2ccc(F)cc2)c(C(=O)O)c1. The van der Waals surface area contributed by atoms with Crippen molar-refractivity contribution in [1.29, 1.82) is 0 Å². The zero-order chi connectivity index (χ0) is 15.6. The summed E-state index contributed by atoms with van der Waals surface area (Å²) in [5.41, 5.74) is -0.157. The zero-order valence-electron chi connectivity index (χ0n) is 10.7. The zero-order valence-corrected chi connectivity index (χ0v) is 10.7. The average molecular weight is 290 g/mol. The van der Waals surface area contributed by atoms with E-state index >= 15 is 0 Å². The van der Waals surface area contributed by atoms with Gasteiger partial charge >= 0.3 is 11.9 Å². The van der Waals surface area contributed by atoms with E-state index in [4.69, 9.17) is 10.2 Å². The summed E-state index contributed by atoms with van der Waals surface area (Å²) >= 11 is 0. The standard InChI is InChI=1S/C15H11FO5/c16-10-4-1-8(2-5-10)13(17)11-6-3-9(14(18)19)7-12(11)15(20)21/h1-7,13,17H,(H,18,19)(H,20,21). The molecule has 0 fully saturated rings. The van der Waals surface area contributed by atoms with Crippen molar-refractivity contribution in [1.82, 2.24) is 0 Å². The second-order valence-corrected chi connectivity index (χ2v) is 4.37. The average Bonchev–Trinajstić information content (AvgIpc) is 2.46. The molecule has 0 aliphatic carbocycles. The fraction of sp³-hybridized carbons (Fsp3) is 0.0667. The van der Waals surface area contributed by atoms with Crippen LogP contribution in [0.1, 0.15) is 37.9 Å². The Bertz CT molecular complexity index is 694. The maximum Gasteiger partial charge on any atom is 0.336 e. The highest BCUT2D eigenvalue weighted by Crippen LogP contribution is 2.26. The number of carboxylic acids is 2. The number of hydrogen-bond donors (Lipinski definition) is 3. The summed E-state index contributed by atoms with van der Waals surface area (Å²) < 4.78 is 12.9. The number of benzene rings is 2. The van der Waals surface area contributed by atoms with Gasteiger partial charge in [-0.25, -0.2) is 14.0 Å². The van der Waals surface area contributed by atoms with Crippen molar-refractivity contribution in [3.05, 3.63) is 70.5 Å². The van der Waals surface area contributed by atoms with Gasteiger partial charge in [0, 0.05) is 0 Å². The molecule has 0 radical (unpaired) electrons. The maximum absolute atomic E-state index is 12.9. The van der Waals surface area contributed by atoms with E-state index in [2.05, 4.69) is 0 Å². The minimum absolute atomic E-state index is 0.0408. The molecule has 3 N–H and O–H groups in total. The third-order valence-corrected chi connectivity index (χ3v) is 3.01. The van der Waals surface area contributed by atoms with Gasteiger partial charge in [-0.3, -0.25) is 0 Å². The number of aliphatic hydroxyl groups is 1. The van der Waals surface area contributed by atoms with Crippen LogP contribution in [0.25, 0.3) is 0 Å². The van der Waals surface area contributed by atoms with Crippen LogP contribution in [0.4, 0.5) is 4.39 Å². The second kappa shape index (κ2) is 5.72.